The Labute approximate surface area is 54.6 Å². The van der Waals surface area contributed by atoms with Gasteiger partial charge >= 0.3 is 0 Å². The van der Waals surface area contributed by atoms with Crippen molar-refractivity contribution in [3.8, 4) is 0 Å². The number of alkyl halides is 1. The molecule has 0 fully saturated rings. The molecule has 0 aromatic rings. The predicted octanol–water partition coefficient (Wildman–Crippen LogP) is 0.742. The van der Waals surface area contributed by atoms with E-state index in [1.807, 2.05) is 0 Å². The summed E-state index contributed by atoms with van der Waals surface area (Å²) >= 11 is 0. The molecule has 0 bridgehead atoms. The summed E-state index contributed by atoms with van der Waals surface area (Å²) in [7, 11) is 0. The zero-order valence-corrected chi connectivity index (χ0v) is 5.80. The van der Waals surface area contributed by atoms with E-state index in [1.54, 1.807) is 13.8 Å². The second-order valence-electron chi connectivity index (χ2n) is 1.88. The normalized spacial score (nSPS) is 17.3. The Kier molecular flexibility index (Phi) is 4.62. The van der Waals surface area contributed by atoms with Gasteiger partial charge in [-0.3, -0.25) is 0 Å². The van der Waals surface area contributed by atoms with Gasteiger partial charge in [-0.25, -0.2) is 4.39 Å². The smallest absolute Gasteiger partial charge is 0.118 e. The van der Waals surface area contributed by atoms with Crippen LogP contribution in [0.2, 0.25) is 0 Å². The van der Waals surface area contributed by atoms with Crippen LogP contribution in [0.1, 0.15) is 13.8 Å². The first-order valence-electron chi connectivity index (χ1n) is 3.08. The lowest BCUT2D eigenvalue weighted by atomic mass is 10.2. The van der Waals surface area contributed by atoms with Gasteiger partial charge in [0.25, 0.3) is 0 Å². The third-order valence-corrected chi connectivity index (χ3v) is 1.13. The van der Waals surface area contributed by atoms with E-state index in [0.717, 1.165) is 0 Å². The highest BCUT2D eigenvalue weighted by atomic mass is 19.1. The molecular formula is C6H13FO2. The standard InChI is InChI=1S/C6H13FO2/c1-3-9-5(2)6(8)4-7/h5-6,8H,3-4H2,1-2H3. The molecule has 0 amide bonds. The van der Waals surface area contributed by atoms with Gasteiger partial charge in [0.15, 0.2) is 0 Å². The van der Waals surface area contributed by atoms with Crippen molar-refractivity contribution in [3.05, 3.63) is 0 Å². The molecule has 0 saturated heterocycles. The molecule has 3 heteroatoms. The Morgan fingerprint density at radius 3 is 2.56 bits per heavy atom. The van der Waals surface area contributed by atoms with Gasteiger partial charge in [0.2, 0.25) is 0 Å². The minimum absolute atomic E-state index is 0.389. The Hall–Kier alpha value is -0.150. The molecule has 0 aliphatic rings. The third kappa shape index (κ3) is 3.43. The molecule has 0 aromatic heterocycles. The van der Waals surface area contributed by atoms with Gasteiger partial charge in [-0.15, -0.1) is 0 Å². The Morgan fingerprint density at radius 1 is 1.67 bits per heavy atom. The number of ether oxygens (including phenoxy) is 1. The van der Waals surface area contributed by atoms with Crippen molar-refractivity contribution >= 4 is 0 Å². The predicted molar refractivity (Wildman–Crippen MR) is 33.1 cm³/mol. The van der Waals surface area contributed by atoms with Gasteiger partial charge in [0.1, 0.15) is 12.8 Å². The van der Waals surface area contributed by atoms with Gasteiger partial charge < -0.3 is 9.84 Å². The Bertz CT molecular complexity index is 68.1. The first-order chi connectivity index (χ1) is 4.22. The van der Waals surface area contributed by atoms with E-state index in [4.69, 9.17) is 9.84 Å². The van der Waals surface area contributed by atoms with E-state index in [-0.39, 0.29) is 6.10 Å². The molecule has 0 rings (SSSR count). The van der Waals surface area contributed by atoms with E-state index in [2.05, 4.69) is 0 Å². The monoisotopic (exact) mass is 136 g/mol. The van der Waals surface area contributed by atoms with Crippen LogP contribution in [0.15, 0.2) is 0 Å². The van der Waals surface area contributed by atoms with Crippen molar-refractivity contribution < 1.29 is 14.2 Å². The van der Waals surface area contributed by atoms with Crippen molar-refractivity contribution in [1.82, 2.24) is 0 Å². The van der Waals surface area contributed by atoms with Crippen LogP contribution in [0.4, 0.5) is 4.39 Å². The summed E-state index contributed by atoms with van der Waals surface area (Å²) in [4.78, 5) is 0. The van der Waals surface area contributed by atoms with Crippen molar-refractivity contribution in [2.75, 3.05) is 13.3 Å². The maximum Gasteiger partial charge on any atom is 0.118 e. The van der Waals surface area contributed by atoms with Crippen LogP contribution in [0.5, 0.6) is 0 Å². The average Bonchev–Trinajstić information content (AvgIpc) is 1.87. The van der Waals surface area contributed by atoms with E-state index in [0.29, 0.717) is 6.61 Å². The molecule has 0 heterocycles. The minimum atomic E-state index is -0.968. The summed E-state index contributed by atoms with van der Waals surface area (Å²) in [6.07, 6.45) is -1.36. The van der Waals surface area contributed by atoms with E-state index in [1.165, 1.54) is 0 Å². The van der Waals surface area contributed by atoms with Gasteiger partial charge in [-0.2, -0.15) is 0 Å². The first kappa shape index (κ1) is 8.85. The molecule has 0 spiro atoms. The van der Waals surface area contributed by atoms with Crippen molar-refractivity contribution in [2.24, 2.45) is 0 Å². The van der Waals surface area contributed by atoms with Crippen LogP contribution in [0.25, 0.3) is 0 Å². The number of aliphatic hydroxyl groups excluding tert-OH is 1. The largest absolute Gasteiger partial charge is 0.388 e. The highest BCUT2D eigenvalue weighted by molar-refractivity contribution is 4.60. The van der Waals surface area contributed by atoms with E-state index >= 15 is 0 Å². The second-order valence-corrected chi connectivity index (χ2v) is 1.88. The molecular weight excluding hydrogens is 123 g/mol. The average molecular weight is 136 g/mol. The van der Waals surface area contributed by atoms with Gasteiger partial charge in [-0.1, -0.05) is 0 Å². The molecule has 0 aliphatic heterocycles. The molecule has 2 unspecified atom stereocenters. The third-order valence-electron chi connectivity index (χ3n) is 1.13. The molecule has 2 atom stereocenters. The lowest BCUT2D eigenvalue weighted by Gasteiger charge is -2.14. The van der Waals surface area contributed by atoms with Crippen LogP contribution in [0.3, 0.4) is 0 Å². The lowest BCUT2D eigenvalue weighted by molar-refractivity contribution is -0.0307. The fourth-order valence-corrected chi connectivity index (χ4v) is 0.499. The highest BCUT2D eigenvalue weighted by Gasteiger charge is 2.12. The topological polar surface area (TPSA) is 29.5 Å². The number of rotatable bonds is 4. The van der Waals surface area contributed by atoms with Gasteiger partial charge in [0, 0.05) is 6.61 Å². The van der Waals surface area contributed by atoms with E-state index in [9.17, 15) is 4.39 Å². The van der Waals surface area contributed by atoms with Crippen LogP contribution in [0, 0.1) is 0 Å². The quantitative estimate of drug-likeness (QED) is 0.617. The summed E-state index contributed by atoms with van der Waals surface area (Å²) in [6.45, 7) is 3.23. The van der Waals surface area contributed by atoms with Crippen molar-refractivity contribution in [2.45, 2.75) is 26.1 Å². The number of aliphatic hydroxyl groups is 1. The molecule has 0 aliphatic carbocycles. The molecule has 2 nitrogen and oxygen atoms in total. The summed E-state index contributed by atoms with van der Waals surface area (Å²) in [5.74, 6) is 0. The van der Waals surface area contributed by atoms with E-state index < -0.39 is 12.8 Å². The van der Waals surface area contributed by atoms with Crippen LogP contribution in [-0.2, 0) is 4.74 Å². The molecule has 9 heavy (non-hydrogen) atoms. The summed E-state index contributed by atoms with van der Waals surface area (Å²) < 4.78 is 16.5. The van der Waals surface area contributed by atoms with Crippen molar-refractivity contribution in [3.63, 3.8) is 0 Å². The second kappa shape index (κ2) is 4.70. The van der Waals surface area contributed by atoms with Crippen LogP contribution in [-0.4, -0.2) is 30.6 Å². The summed E-state index contributed by atoms with van der Waals surface area (Å²) in [6, 6.07) is 0. The minimum Gasteiger partial charge on any atom is -0.388 e. The number of hydrogen-bond donors (Lipinski definition) is 1. The number of halogens is 1. The molecule has 0 radical (unpaired) electrons. The molecule has 1 N–H and O–H groups in total. The Morgan fingerprint density at radius 2 is 2.22 bits per heavy atom. The molecule has 56 valence electrons. The van der Waals surface area contributed by atoms with Crippen LogP contribution < -0.4 is 0 Å². The molecule has 0 aromatic carbocycles. The molecule has 0 saturated carbocycles. The highest BCUT2D eigenvalue weighted by Crippen LogP contribution is 1.98. The fraction of sp³-hybridized carbons (Fsp3) is 1.00. The Balaban J connectivity index is 3.32. The van der Waals surface area contributed by atoms with Gasteiger partial charge in [0.05, 0.1) is 6.10 Å². The van der Waals surface area contributed by atoms with Crippen LogP contribution >= 0.6 is 0 Å². The first-order valence-corrected chi connectivity index (χ1v) is 3.08. The maximum atomic E-state index is 11.6. The number of hydrogen-bond acceptors (Lipinski definition) is 2. The summed E-state index contributed by atoms with van der Waals surface area (Å²) in [5, 5.41) is 8.76. The fourth-order valence-electron chi connectivity index (χ4n) is 0.499. The van der Waals surface area contributed by atoms with Gasteiger partial charge in [-0.05, 0) is 13.8 Å². The zero-order valence-electron chi connectivity index (χ0n) is 5.80. The van der Waals surface area contributed by atoms with Crippen molar-refractivity contribution in [1.29, 1.82) is 0 Å². The maximum absolute atomic E-state index is 11.6. The summed E-state index contributed by atoms with van der Waals surface area (Å²) in [5.41, 5.74) is 0. The zero-order chi connectivity index (χ0) is 7.28. The SMILES string of the molecule is CCOC(C)C(O)CF. The lowest BCUT2D eigenvalue weighted by Crippen LogP contribution is -2.27.